The average molecular weight is 312 g/mol. The highest BCUT2D eigenvalue weighted by atomic mass is 79.9. The van der Waals surface area contributed by atoms with Gasteiger partial charge in [-0.15, -0.1) is 5.10 Å². The van der Waals surface area contributed by atoms with E-state index in [1.165, 1.54) is 11.8 Å². The highest BCUT2D eigenvalue weighted by Crippen LogP contribution is 2.12. The van der Waals surface area contributed by atoms with Crippen LogP contribution in [0.4, 0.5) is 0 Å². The van der Waals surface area contributed by atoms with E-state index in [1.807, 2.05) is 31.2 Å². The number of rotatable bonds is 2. The van der Waals surface area contributed by atoms with Crippen molar-refractivity contribution in [1.29, 1.82) is 0 Å². The van der Waals surface area contributed by atoms with Gasteiger partial charge in [-0.3, -0.25) is 4.79 Å². The van der Waals surface area contributed by atoms with Gasteiger partial charge in [0, 0.05) is 4.47 Å². The fourth-order valence-corrected chi connectivity index (χ4v) is 2.14. The molecule has 4 nitrogen and oxygen atoms in total. The van der Waals surface area contributed by atoms with Crippen LogP contribution in [0, 0.1) is 0 Å². The minimum Gasteiger partial charge on any atom is -0.303 e. The van der Waals surface area contributed by atoms with E-state index in [0.29, 0.717) is 10.9 Å². The Hall–Kier alpha value is -1.14. The second-order valence-corrected chi connectivity index (χ2v) is 5.31. The summed E-state index contributed by atoms with van der Waals surface area (Å²) in [5, 5.41) is 11.3. The Morgan fingerprint density at radius 1 is 1.41 bits per heavy atom. The molecule has 1 N–H and O–H groups in total. The summed E-state index contributed by atoms with van der Waals surface area (Å²) in [4.78, 5) is 10.9. The van der Waals surface area contributed by atoms with Gasteiger partial charge < -0.3 is 5.32 Å². The van der Waals surface area contributed by atoms with Gasteiger partial charge >= 0.3 is 0 Å². The van der Waals surface area contributed by atoms with E-state index in [4.69, 9.17) is 0 Å². The first-order valence-corrected chi connectivity index (χ1v) is 6.74. The Labute approximate surface area is 112 Å². The number of halogens is 1. The quantitative estimate of drug-likeness (QED) is 0.673. The summed E-state index contributed by atoms with van der Waals surface area (Å²) in [6, 6.07) is 7.83. The number of hydrogen-bond acceptors (Lipinski definition) is 4. The van der Waals surface area contributed by atoms with Gasteiger partial charge in [0.15, 0.2) is 5.17 Å². The zero-order valence-electron chi connectivity index (χ0n) is 9.11. The lowest BCUT2D eigenvalue weighted by molar-refractivity contribution is -0.116. The number of nitrogens with one attached hydrogen (secondary N) is 1. The molecule has 0 aromatic heterocycles. The zero-order chi connectivity index (χ0) is 12.3. The third-order valence-corrected chi connectivity index (χ3v) is 3.53. The Kier molecular flexibility index (Phi) is 3.96. The van der Waals surface area contributed by atoms with Crippen LogP contribution in [-0.2, 0) is 4.79 Å². The first-order valence-electron chi connectivity index (χ1n) is 4.96. The van der Waals surface area contributed by atoms with Crippen molar-refractivity contribution in [3.8, 4) is 0 Å². The minimum atomic E-state index is -0.0229. The number of amidine groups is 1. The van der Waals surface area contributed by atoms with E-state index in [2.05, 4.69) is 31.4 Å². The molecule has 0 saturated carbocycles. The number of carbonyl (C=O) groups excluding carboxylic acids is 1. The van der Waals surface area contributed by atoms with Gasteiger partial charge in [0.2, 0.25) is 5.91 Å². The van der Waals surface area contributed by atoms with E-state index in [9.17, 15) is 4.79 Å². The molecule has 1 aliphatic rings. The third kappa shape index (κ3) is 3.41. The molecule has 1 aromatic carbocycles. The fourth-order valence-electron chi connectivity index (χ4n) is 1.25. The molecule has 1 amide bonds. The lowest BCUT2D eigenvalue weighted by Gasteiger charge is -1.98. The molecule has 0 aliphatic carbocycles. The van der Waals surface area contributed by atoms with E-state index >= 15 is 0 Å². The number of thioether (sulfide) groups is 1. The first kappa shape index (κ1) is 12.3. The van der Waals surface area contributed by atoms with E-state index in [1.54, 1.807) is 0 Å². The molecule has 1 aliphatic heterocycles. The second kappa shape index (κ2) is 5.46. The lowest BCUT2D eigenvalue weighted by atomic mass is 10.1. The maximum Gasteiger partial charge on any atom is 0.236 e. The Bertz CT molecular complexity index is 496. The molecule has 0 unspecified atom stereocenters. The van der Waals surface area contributed by atoms with Gasteiger partial charge in [0.25, 0.3) is 0 Å². The van der Waals surface area contributed by atoms with Crippen molar-refractivity contribution >= 4 is 44.5 Å². The molecule has 2 rings (SSSR count). The zero-order valence-corrected chi connectivity index (χ0v) is 11.5. The van der Waals surface area contributed by atoms with Crippen LogP contribution in [0.25, 0.3) is 0 Å². The normalized spacial score (nSPS) is 18.6. The van der Waals surface area contributed by atoms with Crippen molar-refractivity contribution in [2.24, 2.45) is 10.2 Å². The monoisotopic (exact) mass is 311 g/mol. The van der Waals surface area contributed by atoms with Crippen LogP contribution in [0.15, 0.2) is 38.9 Å². The second-order valence-electron chi connectivity index (χ2n) is 3.43. The highest BCUT2D eigenvalue weighted by molar-refractivity contribution is 9.10. The number of amides is 1. The predicted octanol–water partition coefficient (Wildman–Crippen LogP) is 2.39. The third-order valence-electron chi connectivity index (χ3n) is 2.14. The summed E-state index contributed by atoms with van der Waals surface area (Å²) < 4.78 is 1.03. The SMILES string of the molecule is CC(=N/N=C1/NC(=O)CS1)c1ccc(Br)cc1. The highest BCUT2D eigenvalue weighted by Gasteiger charge is 2.16. The van der Waals surface area contributed by atoms with Gasteiger partial charge in [0.05, 0.1) is 11.5 Å². The number of carbonyl (C=O) groups is 1. The van der Waals surface area contributed by atoms with E-state index in [0.717, 1.165) is 15.7 Å². The first-order chi connectivity index (χ1) is 8.15. The van der Waals surface area contributed by atoms with Crippen LogP contribution >= 0.6 is 27.7 Å². The molecule has 1 aromatic rings. The van der Waals surface area contributed by atoms with Gasteiger partial charge in [-0.2, -0.15) is 5.10 Å². The maximum absolute atomic E-state index is 10.9. The molecular formula is C11H10BrN3OS. The summed E-state index contributed by atoms with van der Waals surface area (Å²) in [6.07, 6.45) is 0. The Balaban J connectivity index is 2.12. The van der Waals surface area contributed by atoms with Crippen LogP contribution in [0.3, 0.4) is 0 Å². The van der Waals surface area contributed by atoms with Crippen molar-refractivity contribution in [3.05, 3.63) is 34.3 Å². The molecule has 1 saturated heterocycles. The van der Waals surface area contributed by atoms with Crippen LogP contribution in [0.5, 0.6) is 0 Å². The van der Waals surface area contributed by atoms with E-state index in [-0.39, 0.29) is 5.91 Å². The van der Waals surface area contributed by atoms with Crippen molar-refractivity contribution in [2.45, 2.75) is 6.92 Å². The van der Waals surface area contributed by atoms with Gasteiger partial charge in [-0.1, -0.05) is 39.8 Å². The summed E-state index contributed by atoms with van der Waals surface area (Å²) >= 11 is 4.74. The van der Waals surface area contributed by atoms with E-state index < -0.39 is 0 Å². The van der Waals surface area contributed by atoms with Crippen LogP contribution in [0.2, 0.25) is 0 Å². The molecule has 17 heavy (non-hydrogen) atoms. The van der Waals surface area contributed by atoms with Crippen molar-refractivity contribution in [1.82, 2.24) is 5.32 Å². The lowest BCUT2D eigenvalue weighted by Crippen LogP contribution is -2.19. The summed E-state index contributed by atoms with van der Waals surface area (Å²) in [7, 11) is 0. The number of hydrogen-bond donors (Lipinski definition) is 1. The van der Waals surface area contributed by atoms with Gasteiger partial charge in [0.1, 0.15) is 0 Å². The molecule has 1 heterocycles. The maximum atomic E-state index is 10.9. The Morgan fingerprint density at radius 3 is 2.71 bits per heavy atom. The Morgan fingerprint density at radius 2 is 2.12 bits per heavy atom. The molecule has 6 heteroatoms. The van der Waals surface area contributed by atoms with Crippen LogP contribution < -0.4 is 5.32 Å². The standard InChI is InChI=1S/C11H10BrN3OS/c1-7(8-2-4-9(12)5-3-8)14-15-11-13-10(16)6-17-11/h2-5H,6H2,1H3,(H,13,15,16). The predicted molar refractivity (Wildman–Crippen MR) is 74.4 cm³/mol. The largest absolute Gasteiger partial charge is 0.303 e. The van der Waals surface area contributed by atoms with Gasteiger partial charge in [-0.05, 0) is 24.6 Å². The molecule has 0 atom stereocenters. The molecule has 0 spiro atoms. The molecular weight excluding hydrogens is 302 g/mol. The fraction of sp³-hybridized carbons (Fsp3) is 0.182. The number of benzene rings is 1. The average Bonchev–Trinajstić information content (AvgIpc) is 2.73. The van der Waals surface area contributed by atoms with Crippen LogP contribution in [0.1, 0.15) is 12.5 Å². The summed E-state index contributed by atoms with van der Waals surface area (Å²) in [6.45, 7) is 1.88. The summed E-state index contributed by atoms with van der Waals surface area (Å²) in [5.41, 5.74) is 1.82. The molecule has 0 radical (unpaired) electrons. The minimum absolute atomic E-state index is 0.0229. The topological polar surface area (TPSA) is 53.8 Å². The smallest absolute Gasteiger partial charge is 0.236 e. The number of nitrogens with zero attached hydrogens (tertiary/aromatic N) is 2. The van der Waals surface area contributed by atoms with Gasteiger partial charge in [-0.25, -0.2) is 0 Å². The molecule has 1 fully saturated rings. The van der Waals surface area contributed by atoms with Crippen molar-refractivity contribution < 1.29 is 4.79 Å². The molecule has 0 bridgehead atoms. The van der Waals surface area contributed by atoms with Crippen molar-refractivity contribution in [3.63, 3.8) is 0 Å². The van der Waals surface area contributed by atoms with Crippen LogP contribution in [-0.4, -0.2) is 22.5 Å². The van der Waals surface area contributed by atoms with Crippen molar-refractivity contribution in [2.75, 3.05) is 5.75 Å². The molecule has 88 valence electrons. The summed E-state index contributed by atoms with van der Waals surface area (Å²) in [5.74, 6) is 0.399.